The van der Waals surface area contributed by atoms with Gasteiger partial charge in [0.1, 0.15) is 0 Å². The summed E-state index contributed by atoms with van der Waals surface area (Å²) in [5.74, 6) is 2.48. The molecule has 3 atom stereocenters. The Hall–Kier alpha value is -0.970. The average Bonchev–Trinajstić information content (AvgIpc) is 2.31. The molecule has 0 aromatic rings. The summed E-state index contributed by atoms with van der Waals surface area (Å²) in [5, 5.41) is 0.00160. The first-order valence-corrected chi connectivity index (χ1v) is 6.40. The number of ether oxygens (including phenoxy) is 1. The summed E-state index contributed by atoms with van der Waals surface area (Å²) in [6.45, 7) is 2.00. The Morgan fingerprint density at radius 1 is 1.47 bits per heavy atom. The first-order valence-electron chi connectivity index (χ1n) is 5.96. The molecule has 1 nitrogen and oxygen atoms in total. The van der Waals surface area contributed by atoms with E-state index < -0.39 is 0 Å². The smallest absolute Gasteiger partial charge is 0.0794 e. The fourth-order valence-corrected chi connectivity index (χ4v) is 2.05. The maximum Gasteiger partial charge on any atom is 0.0794 e. The fraction of sp³-hybridized carbons (Fsp3) is 0.467. The van der Waals surface area contributed by atoms with Crippen molar-refractivity contribution >= 4 is 11.6 Å². The molecule has 0 N–H and O–H groups in total. The second kappa shape index (κ2) is 8.17. The molecule has 0 bridgehead atoms. The van der Waals surface area contributed by atoms with Gasteiger partial charge in [0.2, 0.25) is 0 Å². The standard InChI is InChI=1S/C15H19ClO/c1-3-5-6-12-15-14(16)11-8-7-10-13(17-15)9-4-2/h1,4-9,13-15H,10-12H2,2H3/b6-5?,8-7-,9-4+/t13-,14+,15+/m1/s1. The van der Waals surface area contributed by atoms with Crippen molar-refractivity contribution in [1.29, 1.82) is 0 Å². The van der Waals surface area contributed by atoms with Crippen LogP contribution in [0.1, 0.15) is 26.2 Å². The third-order valence-electron chi connectivity index (χ3n) is 2.64. The van der Waals surface area contributed by atoms with Crippen molar-refractivity contribution in [2.24, 2.45) is 0 Å². The average molecular weight is 251 g/mol. The van der Waals surface area contributed by atoms with Gasteiger partial charge in [0.05, 0.1) is 17.6 Å². The lowest BCUT2D eigenvalue weighted by Gasteiger charge is -2.26. The third kappa shape index (κ3) is 5.26. The van der Waals surface area contributed by atoms with Crippen LogP contribution in [-0.4, -0.2) is 17.6 Å². The molecule has 0 unspecified atom stereocenters. The van der Waals surface area contributed by atoms with Gasteiger partial charge in [-0.2, -0.15) is 0 Å². The van der Waals surface area contributed by atoms with E-state index >= 15 is 0 Å². The van der Waals surface area contributed by atoms with Crippen molar-refractivity contribution in [2.45, 2.75) is 43.8 Å². The van der Waals surface area contributed by atoms with Crippen molar-refractivity contribution in [1.82, 2.24) is 0 Å². The molecule has 0 aromatic carbocycles. The Labute approximate surface area is 109 Å². The van der Waals surface area contributed by atoms with E-state index in [-0.39, 0.29) is 17.6 Å². The van der Waals surface area contributed by atoms with Crippen LogP contribution in [0.15, 0.2) is 36.5 Å². The van der Waals surface area contributed by atoms with Gasteiger partial charge in [0.25, 0.3) is 0 Å². The highest BCUT2D eigenvalue weighted by atomic mass is 35.5. The Kier molecular flexibility index (Phi) is 6.77. The highest BCUT2D eigenvalue weighted by molar-refractivity contribution is 6.21. The van der Waals surface area contributed by atoms with Crippen molar-refractivity contribution in [2.75, 3.05) is 0 Å². The highest BCUT2D eigenvalue weighted by Gasteiger charge is 2.22. The number of allylic oxidation sites excluding steroid dienone is 3. The van der Waals surface area contributed by atoms with Crippen LogP contribution in [0.5, 0.6) is 0 Å². The first-order chi connectivity index (χ1) is 8.27. The third-order valence-corrected chi connectivity index (χ3v) is 3.10. The van der Waals surface area contributed by atoms with Crippen LogP contribution in [0.3, 0.4) is 0 Å². The number of halogens is 1. The zero-order chi connectivity index (χ0) is 12.5. The van der Waals surface area contributed by atoms with Gasteiger partial charge in [-0.3, -0.25) is 0 Å². The zero-order valence-electron chi connectivity index (χ0n) is 10.2. The SMILES string of the molecule is C#CC=CC[C@@H]1O[C@H](/C=C/C)C/C=C\C[C@@H]1Cl. The van der Waals surface area contributed by atoms with Gasteiger partial charge < -0.3 is 4.74 Å². The molecule has 1 aliphatic heterocycles. The van der Waals surface area contributed by atoms with Crippen LogP contribution in [-0.2, 0) is 4.74 Å². The minimum atomic E-state index is 0.00160. The minimum absolute atomic E-state index is 0.00160. The number of alkyl halides is 1. The van der Waals surface area contributed by atoms with Crippen LogP contribution in [0, 0.1) is 12.3 Å². The molecule has 1 aliphatic rings. The summed E-state index contributed by atoms with van der Waals surface area (Å²) >= 11 is 6.32. The van der Waals surface area contributed by atoms with Crippen molar-refractivity contribution in [3.63, 3.8) is 0 Å². The lowest BCUT2D eigenvalue weighted by Crippen LogP contribution is -2.29. The predicted octanol–water partition coefficient (Wildman–Crippen LogP) is 3.85. The maximum absolute atomic E-state index is 6.32. The summed E-state index contributed by atoms with van der Waals surface area (Å²) in [5.41, 5.74) is 0. The number of terminal acetylenes is 1. The molecule has 0 amide bonds. The summed E-state index contributed by atoms with van der Waals surface area (Å²) in [4.78, 5) is 0. The Morgan fingerprint density at radius 2 is 2.24 bits per heavy atom. The predicted molar refractivity (Wildman–Crippen MR) is 74.1 cm³/mol. The Balaban J connectivity index is 2.66. The van der Waals surface area contributed by atoms with Gasteiger partial charge in [-0.1, -0.05) is 36.3 Å². The lowest BCUT2D eigenvalue weighted by molar-refractivity contribution is 0.0129. The molecule has 1 rings (SSSR count). The lowest BCUT2D eigenvalue weighted by atomic mass is 10.1. The Morgan fingerprint density at radius 3 is 2.94 bits per heavy atom. The molecule has 17 heavy (non-hydrogen) atoms. The van der Waals surface area contributed by atoms with Crippen LogP contribution in [0.4, 0.5) is 0 Å². The summed E-state index contributed by atoms with van der Waals surface area (Å²) in [6.07, 6.45) is 19.8. The van der Waals surface area contributed by atoms with E-state index in [1.165, 1.54) is 0 Å². The van der Waals surface area contributed by atoms with Crippen LogP contribution < -0.4 is 0 Å². The quantitative estimate of drug-likeness (QED) is 0.420. The van der Waals surface area contributed by atoms with Crippen LogP contribution in [0.25, 0.3) is 0 Å². The van der Waals surface area contributed by atoms with E-state index in [1.54, 1.807) is 6.08 Å². The van der Waals surface area contributed by atoms with Gasteiger partial charge in [0.15, 0.2) is 0 Å². The van der Waals surface area contributed by atoms with Gasteiger partial charge in [-0.05, 0) is 32.3 Å². The van der Waals surface area contributed by atoms with Crippen LogP contribution in [0.2, 0.25) is 0 Å². The van der Waals surface area contributed by atoms with E-state index in [4.69, 9.17) is 22.8 Å². The van der Waals surface area contributed by atoms with E-state index in [2.05, 4.69) is 24.1 Å². The van der Waals surface area contributed by atoms with E-state index in [0.717, 1.165) is 19.3 Å². The molecular weight excluding hydrogens is 232 g/mol. The van der Waals surface area contributed by atoms with E-state index in [9.17, 15) is 0 Å². The molecule has 0 spiro atoms. The first kappa shape index (κ1) is 14.1. The summed E-state index contributed by atoms with van der Waals surface area (Å²) < 4.78 is 6.00. The zero-order valence-corrected chi connectivity index (χ0v) is 10.9. The number of hydrogen-bond acceptors (Lipinski definition) is 1. The summed E-state index contributed by atoms with van der Waals surface area (Å²) in [7, 11) is 0. The normalized spacial score (nSPS) is 32.2. The molecule has 92 valence electrons. The van der Waals surface area contributed by atoms with Crippen molar-refractivity contribution in [3.05, 3.63) is 36.5 Å². The fourth-order valence-electron chi connectivity index (χ4n) is 1.79. The number of hydrogen-bond donors (Lipinski definition) is 0. The molecule has 0 aromatic heterocycles. The van der Waals surface area contributed by atoms with Gasteiger partial charge >= 0.3 is 0 Å². The Bertz CT molecular complexity index is 335. The molecule has 0 saturated carbocycles. The molecule has 1 heterocycles. The van der Waals surface area contributed by atoms with E-state index in [0.29, 0.717) is 0 Å². The molecule has 0 aliphatic carbocycles. The monoisotopic (exact) mass is 250 g/mol. The van der Waals surface area contributed by atoms with E-state index in [1.807, 2.05) is 19.1 Å². The van der Waals surface area contributed by atoms with Crippen LogP contribution >= 0.6 is 11.6 Å². The van der Waals surface area contributed by atoms with Crippen molar-refractivity contribution in [3.8, 4) is 12.3 Å². The highest BCUT2D eigenvalue weighted by Crippen LogP contribution is 2.22. The molecule has 0 fully saturated rings. The molecule has 2 heteroatoms. The van der Waals surface area contributed by atoms with Crippen molar-refractivity contribution < 1.29 is 4.74 Å². The van der Waals surface area contributed by atoms with Gasteiger partial charge in [-0.15, -0.1) is 18.0 Å². The minimum Gasteiger partial charge on any atom is -0.369 e. The molecular formula is C15H19ClO. The largest absolute Gasteiger partial charge is 0.369 e. The molecule has 0 saturated heterocycles. The van der Waals surface area contributed by atoms with Gasteiger partial charge in [0, 0.05) is 0 Å². The van der Waals surface area contributed by atoms with Gasteiger partial charge in [-0.25, -0.2) is 0 Å². The summed E-state index contributed by atoms with van der Waals surface area (Å²) in [6, 6.07) is 0. The second-order valence-electron chi connectivity index (χ2n) is 4.00. The maximum atomic E-state index is 6.32. The second-order valence-corrected chi connectivity index (χ2v) is 4.56. The molecule has 0 radical (unpaired) electrons. The number of rotatable bonds is 3. The topological polar surface area (TPSA) is 9.23 Å².